The number of carbonyl (C=O) groups is 1. The van der Waals surface area contributed by atoms with Crippen LogP contribution < -0.4 is 5.32 Å². The lowest BCUT2D eigenvalue weighted by Crippen LogP contribution is -2.40. The molecule has 4 heteroatoms. The van der Waals surface area contributed by atoms with E-state index in [4.69, 9.17) is 0 Å². The van der Waals surface area contributed by atoms with Crippen molar-refractivity contribution in [3.8, 4) is 0 Å². The summed E-state index contributed by atoms with van der Waals surface area (Å²) in [4.78, 5) is 16.7. The van der Waals surface area contributed by atoms with E-state index in [1.165, 1.54) is 0 Å². The van der Waals surface area contributed by atoms with Crippen molar-refractivity contribution in [1.29, 1.82) is 0 Å². The minimum Gasteiger partial charge on any atom is -0.341 e. The number of nitrogens with one attached hydrogen (secondary N) is 1. The molecule has 0 aromatic heterocycles. The third kappa shape index (κ3) is 6.92. The lowest BCUT2D eigenvalue weighted by molar-refractivity contribution is -0.133. The van der Waals surface area contributed by atoms with Crippen LogP contribution in [0.5, 0.6) is 0 Å². The molecule has 0 aromatic carbocycles. The van der Waals surface area contributed by atoms with Crippen LogP contribution in [0.4, 0.5) is 0 Å². The molecular weight excluding hydrogens is 238 g/mol. The van der Waals surface area contributed by atoms with Gasteiger partial charge in [-0.1, -0.05) is 13.8 Å². The third-order valence-corrected chi connectivity index (χ3v) is 3.68. The molecule has 112 valence electrons. The van der Waals surface area contributed by atoms with Crippen molar-refractivity contribution < 1.29 is 4.79 Å². The van der Waals surface area contributed by atoms with Gasteiger partial charge in [-0.15, -0.1) is 0 Å². The van der Waals surface area contributed by atoms with Gasteiger partial charge in [0.15, 0.2) is 0 Å². The molecule has 0 spiro atoms. The first-order chi connectivity index (χ1) is 8.99. The van der Waals surface area contributed by atoms with E-state index in [1.54, 1.807) is 0 Å². The number of piperidine rings is 1. The van der Waals surface area contributed by atoms with E-state index >= 15 is 0 Å². The van der Waals surface area contributed by atoms with E-state index in [2.05, 4.69) is 43.1 Å². The number of carbonyl (C=O) groups excluding carboxylic acids is 1. The second kappa shape index (κ2) is 8.54. The number of amides is 1. The number of hydrogen-bond acceptors (Lipinski definition) is 3. The van der Waals surface area contributed by atoms with Crippen molar-refractivity contribution in [3.63, 3.8) is 0 Å². The molecule has 4 nitrogen and oxygen atoms in total. The monoisotopic (exact) mass is 269 g/mol. The Labute approximate surface area is 118 Å². The van der Waals surface area contributed by atoms with Crippen LogP contribution in [0.2, 0.25) is 0 Å². The molecule has 1 aliphatic rings. The number of hydrogen-bond donors (Lipinski definition) is 1. The molecular formula is C15H31N3O. The molecule has 1 fully saturated rings. The summed E-state index contributed by atoms with van der Waals surface area (Å²) < 4.78 is 0. The van der Waals surface area contributed by atoms with E-state index < -0.39 is 0 Å². The van der Waals surface area contributed by atoms with Crippen molar-refractivity contribution in [1.82, 2.24) is 15.1 Å². The molecule has 0 unspecified atom stereocenters. The van der Waals surface area contributed by atoms with E-state index in [0.717, 1.165) is 52.0 Å². The molecule has 1 saturated heterocycles. The maximum atomic E-state index is 12.4. The molecule has 0 atom stereocenters. The Kier molecular flexibility index (Phi) is 7.39. The standard InChI is InChI=1S/C15H31N3O/c1-13(2)12-18(10-9-17(3)4)15(19)11-14-5-7-16-8-6-14/h13-14,16H,5-12H2,1-4H3. The summed E-state index contributed by atoms with van der Waals surface area (Å²) in [5, 5.41) is 3.36. The van der Waals surface area contributed by atoms with Gasteiger partial charge in [0.25, 0.3) is 0 Å². The smallest absolute Gasteiger partial charge is 0.222 e. The molecule has 0 radical (unpaired) electrons. The molecule has 1 N–H and O–H groups in total. The summed E-state index contributed by atoms with van der Waals surface area (Å²) in [7, 11) is 4.12. The average Bonchev–Trinajstić information content (AvgIpc) is 2.35. The Hall–Kier alpha value is -0.610. The highest BCUT2D eigenvalue weighted by Gasteiger charge is 2.21. The maximum absolute atomic E-state index is 12.4. The normalized spacial score (nSPS) is 17.2. The predicted octanol–water partition coefficient (Wildman–Crippen LogP) is 1.42. The Morgan fingerprint density at radius 3 is 2.37 bits per heavy atom. The fourth-order valence-corrected chi connectivity index (χ4v) is 2.54. The van der Waals surface area contributed by atoms with Gasteiger partial charge in [0, 0.05) is 26.1 Å². The van der Waals surface area contributed by atoms with Gasteiger partial charge < -0.3 is 15.1 Å². The molecule has 0 bridgehead atoms. The van der Waals surface area contributed by atoms with Gasteiger partial charge in [-0.25, -0.2) is 0 Å². The van der Waals surface area contributed by atoms with Gasteiger partial charge in [-0.05, 0) is 51.9 Å². The van der Waals surface area contributed by atoms with Crippen LogP contribution >= 0.6 is 0 Å². The van der Waals surface area contributed by atoms with Crippen LogP contribution in [0.15, 0.2) is 0 Å². The first-order valence-corrected chi connectivity index (χ1v) is 7.62. The number of likely N-dealkylation sites (N-methyl/N-ethyl adjacent to an activating group) is 1. The van der Waals surface area contributed by atoms with Crippen molar-refractivity contribution in [2.75, 3.05) is 46.8 Å². The number of rotatable bonds is 7. The Morgan fingerprint density at radius 1 is 1.21 bits per heavy atom. The van der Waals surface area contributed by atoms with E-state index in [-0.39, 0.29) is 0 Å². The van der Waals surface area contributed by atoms with Gasteiger partial charge >= 0.3 is 0 Å². The Balaban J connectivity index is 2.44. The molecule has 1 aliphatic heterocycles. The van der Waals surface area contributed by atoms with Gasteiger partial charge in [-0.2, -0.15) is 0 Å². The van der Waals surface area contributed by atoms with Gasteiger partial charge in [0.1, 0.15) is 0 Å². The molecule has 0 saturated carbocycles. The van der Waals surface area contributed by atoms with E-state index in [0.29, 0.717) is 17.7 Å². The second-order valence-electron chi connectivity index (χ2n) is 6.43. The summed E-state index contributed by atoms with van der Waals surface area (Å²) in [6.07, 6.45) is 3.03. The fraction of sp³-hybridized carbons (Fsp3) is 0.933. The zero-order chi connectivity index (χ0) is 14.3. The van der Waals surface area contributed by atoms with Crippen molar-refractivity contribution in [3.05, 3.63) is 0 Å². The fourth-order valence-electron chi connectivity index (χ4n) is 2.54. The van der Waals surface area contributed by atoms with Gasteiger partial charge in [0.2, 0.25) is 5.91 Å². The highest BCUT2D eigenvalue weighted by Crippen LogP contribution is 2.17. The SMILES string of the molecule is CC(C)CN(CCN(C)C)C(=O)CC1CCNCC1. The van der Waals surface area contributed by atoms with E-state index in [1.807, 2.05) is 0 Å². The predicted molar refractivity (Wildman–Crippen MR) is 80.2 cm³/mol. The van der Waals surface area contributed by atoms with Gasteiger partial charge in [0.05, 0.1) is 0 Å². The van der Waals surface area contributed by atoms with Crippen LogP contribution in [-0.4, -0.2) is 62.5 Å². The summed E-state index contributed by atoms with van der Waals surface area (Å²) in [6.45, 7) is 9.19. The van der Waals surface area contributed by atoms with Crippen molar-refractivity contribution in [2.24, 2.45) is 11.8 Å². The second-order valence-corrected chi connectivity index (χ2v) is 6.43. The zero-order valence-electron chi connectivity index (χ0n) is 13.1. The largest absolute Gasteiger partial charge is 0.341 e. The zero-order valence-corrected chi connectivity index (χ0v) is 13.1. The van der Waals surface area contributed by atoms with Crippen molar-refractivity contribution in [2.45, 2.75) is 33.1 Å². The van der Waals surface area contributed by atoms with Crippen LogP contribution in [0.3, 0.4) is 0 Å². The minimum absolute atomic E-state index is 0.349. The molecule has 1 rings (SSSR count). The first-order valence-electron chi connectivity index (χ1n) is 7.62. The van der Waals surface area contributed by atoms with Crippen molar-refractivity contribution >= 4 is 5.91 Å². The molecule has 0 aromatic rings. The van der Waals surface area contributed by atoms with Crippen LogP contribution in [0, 0.1) is 11.8 Å². The summed E-state index contributed by atoms with van der Waals surface area (Å²) in [6, 6.07) is 0. The topological polar surface area (TPSA) is 35.6 Å². The third-order valence-electron chi connectivity index (χ3n) is 3.68. The quantitative estimate of drug-likeness (QED) is 0.759. The first kappa shape index (κ1) is 16.4. The van der Waals surface area contributed by atoms with Crippen LogP contribution in [0.25, 0.3) is 0 Å². The summed E-state index contributed by atoms with van der Waals surface area (Å²) in [5.41, 5.74) is 0. The van der Waals surface area contributed by atoms with Crippen LogP contribution in [-0.2, 0) is 4.79 Å². The van der Waals surface area contributed by atoms with Crippen LogP contribution in [0.1, 0.15) is 33.1 Å². The highest BCUT2D eigenvalue weighted by molar-refractivity contribution is 5.76. The minimum atomic E-state index is 0.349. The Bertz CT molecular complexity index is 260. The summed E-state index contributed by atoms with van der Waals surface area (Å²) >= 11 is 0. The lowest BCUT2D eigenvalue weighted by atomic mass is 9.94. The molecule has 0 aliphatic carbocycles. The number of nitrogens with zero attached hydrogens (tertiary/aromatic N) is 2. The molecule has 1 heterocycles. The highest BCUT2D eigenvalue weighted by atomic mass is 16.2. The molecule has 1 amide bonds. The van der Waals surface area contributed by atoms with Gasteiger partial charge in [-0.3, -0.25) is 4.79 Å². The Morgan fingerprint density at radius 2 is 1.84 bits per heavy atom. The molecule has 19 heavy (non-hydrogen) atoms. The summed E-state index contributed by atoms with van der Waals surface area (Å²) in [5.74, 6) is 1.48. The lowest BCUT2D eigenvalue weighted by Gasteiger charge is -2.29. The average molecular weight is 269 g/mol. The maximum Gasteiger partial charge on any atom is 0.222 e. The van der Waals surface area contributed by atoms with E-state index in [9.17, 15) is 4.79 Å².